The molecule has 1 N–H and O–H groups in total. The average Bonchev–Trinajstić information content (AvgIpc) is 2.54. The molecule has 0 amide bonds. The van der Waals surface area contributed by atoms with Gasteiger partial charge in [-0.15, -0.1) is 0 Å². The van der Waals surface area contributed by atoms with Gasteiger partial charge in [-0.1, -0.05) is 0 Å². The number of rotatable bonds is 3. The predicted octanol–water partition coefficient (Wildman–Crippen LogP) is 2.27. The second-order valence-electron chi connectivity index (χ2n) is 6.36. The number of nitriles is 1. The lowest BCUT2D eigenvalue weighted by Crippen LogP contribution is -2.35. The van der Waals surface area contributed by atoms with Crippen molar-refractivity contribution >= 4 is 5.82 Å². The van der Waals surface area contributed by atoms with Gasteiger partial charge in [0.05, 0.1) is 5.56 Å². The van der Waals surface area contributed by atoms with Gasteiger partial charge in [0.2, 0.25) is 0 Å². The minimum absolute atomic E-state index is 0.709. The van der Waals surface area contributed by atoms with E-state index >= 15 is 0 Å². The maximum atomic E-state index is 9.45. The largest absolute Gasteiger partial charge is 0.358 e. The first-order valence-corrected chi connectivity index (χ1v) is 8.12. The summed E-state index contributed by atoms with van der Waals surface area (Å²) in [6, 6.07) is 4.43. The van der Waals surface area contributed by atoms with Gasteiger partial charge in [0.1, 0.15) is 11.9 Å². The molecule has 0 radical (unpaired) electrons. The van der Waals surface area contributed by atoms with Crippen LogP contribution in [0.25, 0.3) is 0 Å². The van der Waals surface area contributed by atoms with E-state index in [-0.39, 0.29) is 0 Å². The van der Waals surface area contributed by atoms with Crippen LogP contribution in [0.3, 0.4) is 0 Å². The molecule has 1 saturated heterocycles. The molecule has 21 heavy (non-hydrogen) atoms. The van der Waals surface area contributed by atoms with Crippen LogP contribution in [0, 0.1) is 17.2 Å². The maximum Gasteiger partial charge on any atom is 0.146 e. The highest BCUT2D eigenvalue weighted by atomic mass is 15.2. The van der Waals surface area contributed by atoms with Gasteiger partial charge in [-0.3, -0.25) is 0 Å². The molecule has 112 valence electrons. The summed E-state index contributed by atoms with van der Waals surface area (Å²) in [4.78, 5) is 7.04. The molecule has 4 nitrogen and oxygen atoms in total. The van der Waals surface area contributed by atoms with Crippen LogP contribution in [0.2, 0.25) is 0 Å². The molecule has 1 aliphatic heterocycles. The number of nitrogens with zero attached hydrogens (tertiary/aromatic N) is 3. The first kappa shape index (κ1) is 14.3. The van der Waals surface area contributed by atoms with Crippen molar-refractivity contribution in [3.8, 4) is 6.07 Å². The Kier molecular flexibility index (Phi) is 4.40. The van der Waals surface area contributed by atoms with Crippen molar-refractivity contribution in [3.63, 3.8) is 0 Å². The number of aryl methyl sites for hydroxylation is 2. The highest BCUT2D eigenvalue weighted by molar-refractivity contribution is 5.56. The summed E-state index contributed by atoms with van der Waals surface area (Å²) in [7, 11) is 2.08. The third-order valence-corrected chi connectivity index (χ3v) is 4.75. The Bertz CT molecular complexity index is 540. The van der Waals surface area contributed by atoms with E-state index < -0.39 is 0 Å². The fraction of sp³-hybridized carbons (Fsp3) is 0.647. The number of pyridine rings is 1. The van der Waals surface area contributed by atoms with Crippen LogP contribution in [0.4, 0.5) is 5.82 Å². The monoisotopic (exact) mass is 284 g/mol. The summed E-state index contributed by atoms with van der Waals surface area (Å²) in [5.41, 5.74) is 3.25. The molecule has 1 fully saturated rings. The third-order valence-electron chi connectivity index (χ3n) is 4.75. The highest BCUT2D eigenvalue weighted by Crippen LogP contribution is 2.27. The molecule has 0 unspecified atom stereocenters. The first-order valence-electron chi connectivity index (χ1n) is 8.12. The Morgan fingerprint density at radius 1 is 1.33 bits per heavy atom. The smallest absolute Gasteiger partial charge is 0.146 e. The van der Waals surface area contributed by atoms with Crippen LogP contribution in [0.1, 0.15) is 42.5 Å². The lowest BCUT2D eigenvalue weighted by Gasteiger charge is -2.29. The highest BCUT2D eigenvalue weighted by Gasteiger charge is 2.20. The molecule has 3 rings (SSSR count). The van der Waals surface area contributed by atoms with Gasteiger partial charge in [0, 0.05) is 19.3 Å². The Balaban J connectivity index is 1.81. The van der Waals surface area contributed by atoms with Gasteiger partial charge in [-0.25, -0.2) is 4.98 Å². The van der Waals surface area contributed by atoms with E-state index in [1.807, 2.05) is 0 Å². The van der Waals surface area contributed by atoms with Crippen LogP contribution in [0.15, 0.2) is 6.07 Å². The summed E-state index contributed by atoms with van der Waals surface area (Å²) in [6.07, 6.45) is 7.03. The Labute approximate surface area is 127 Å². The molecule has 1 aromatic heterocycles. The standard InChI is InChI=1S/C17H24N4/c1-21(12-13-6-8-19-9-7-13)17-15(11-18)10-14-4-2-3-5-16(14)20-17/h10,13,19H,2-9,12H2,1H3. The molecule has 0 spiro atoms. The van der Waals surface area contributed by atoms with Crippen molar-refractivity contribution in [2.75, 3.05) is 31.6 Å². The van der Waals surface area contributed by atoms with E-state index in [0.717, 1.165) is 43.9 Å². The van der Waals surface area contributed by atoms with Gasteiger partial charge in [0.15, 0.2) is 0 Å². The second-order valence-corrected chi connectivity index (χ2v) is 6.36. The zero-order valence-corrected chi connectivity index (χ0v) is 12.9. The second kappa shape index (κ2) is 6.44. The van der Waals surface area contributed by atoms with E-state index in [9.17, 15) is 5.26 Å². The SMILES string of the molecule is CN(CC1CCNCC1)c1nc2c(cc1C#N)CCCC2. The topological polar surface area (TPSA) is 52.0 Å². The molecule has 1 aliphatic carbocycles. The molecule has 0 aromatic carbocycles. The maximum absolute atomic E-state index is 9.45. The Morgan fingerprint density at radius 3 is 2.86 bits per heavy atom. The summed E-state index contributed by atoms with van der Waals surface area (Å²) < 4.78 is 0. The normalized spacial score (nSPS) is 18.9. The van der Waals surface area contributed by atoms with Gasteiger partial charge in [0.25, 0.3) is 0 Å². The zero-order chi connectivity index (χ0) is 14.7. The summed E-state index contributed by atoms with van der Waals surface area (Å²) in [5, 5.41) is 12.9. The molecule has 1 aromatic rings. The predicted molar refractivity (Wildman–Crippen MR) is 84.5 cm³/mol. The average molecular weight is 284 g/mol. The molecule has 4 heteroatoms. The summed E-state index contributed by atoms with van der Waals surface area (Å²) in [5.74, 6) is 1.59. The first-order chi connectivity index (χ1) is 10.3. The van der Waals surface area contributed by atoms with Gasteiger partial charge in [-0.2, -0.15) is 5.26 Å². The number of nitrogens with one attached hydrogen (secondary N) is 1. The van der Waals surface area contributed by atoms with Crippen LogP contribution in [-0.4, -0.2) is 31.7 Å². The minimum Gasteiger partial charge on any atom is -0.358 e. The van der Waals surface area contributed by atoms with Crippen LogP contribution < -0.4 is 10.2 Å². The van der Waals surface area contributed by atoms with E-state index in [1.54, 1.807) is 0 Å². The number of hydrogen-bond acceptors (Lipinski definition) is 4. The Morgan fingerprint density at radius 2 is 2.10 bits per heavy atom. The van der Waals surface area contributed by atoms with Gasteiger partial charge >= 0.3 is 0 Å². The molecule has 0 saturated carbocycles. The molecular weight excluding hydrogens is 260 g/mol. The van der Waals surface area contributed by atoms with E-state index in [4.69, 9.17) is 4.98 Å². The summed E-state index contributed by atoms with van der Waals surface area (Å²) >= 11 is 0. The van der Waals surface area contributed by atoms with E-state index in [1.165, 1.54) is 36.9 Å². The van der Waals surface area contributed by atoms with Crippen molar-refractivity contribution in [3.05, 3.63) is 22.9 Å². The molecular formula is C17H24N4. The quantitative estimate of drug-likeness (QED) is 0.925. The third kappa shape index (κ3) is 3.19. The number of piperidine rings is 1. The fourth-order valence-corrected chi connectivity index (χ4v) is 3.53. The number of fused-ring (bicyclic) bond motifs is 1. The van der Waals surface area contributed by atoms with Crippen molar-refractivity contribution in [1.82, 2.24) is 10.3 Å². The lowest BCUT2D eigenvalue weighted by atomic mass is 9.94. The van der Waals surface area contributed by atoms with Crippen molar-refractivity contribution in [2.24, 2.45) is 5.92 Å². The van der Waals surface area contributed by atoms with Crippen molar-refractivity contribution < 1.29 is 0 Å². The van der Waals surface area contributed by atoms with Crippen LogP contribution in [-0.2, 0) is 12.8 Å². The Hall–Kier alpha value is -1.60. The lowest BCUT2D eigenvalue weighted by molar-refractivity contribution is 0.377. The number of aromatic nitrogens is 1. The number of anilines is 1. The number of hydrogen-bond donors (Lipinski definition) is 1. The van der Waals surface area contributed by atoms with Crippen molar-refractivity contribution in [2.45, 2.75) is 38.5 Å². The van der Waals surface area contributed by atoms with Gasteiger partial charge in [-0.05, 0) is 69.2 Å². The summed E-state index contributed by atoms with van der Waals surface area (Å²) in [6.45, 7) is 3.23. The zero-order valence-electron chi connectivity index (χ0n) is 12.9. The van der Waals surface area contributed by atoms with Crippen LogP contribution in [0.5, 0.6) is 0 Å². The van der Waals surface area contributed by atoms with Crippen molar-refractivity contribution in [1.29, 1.82) is 5.26 Å². The molecule has 0 atom stereocenters. The molecule has 2 aliphatic rings. The van der Waals surface area contributed by atoms with E-state index in [2.05, 4.69) is 29.4 Å². The molecule has 0 bridgehead atoms. The van der Waals surface area contributed by atoms with Crippen LogP contribution >= 0.6 is 0 Å². The fourth-order valence-electron chi connectivity index (χ4n) is 3.53. The van der Waals surface area contributed by atoms with Gasteiger partial charge < -0.3 is 10.2 Å². The minimum atomic E-state index is 0.709. The van der Waals surface area contributed by atoms with E-state index in [0.29, 0.717) is 5.92 Å². The molecule has 2 heterocycles.